The molecule has 3 rings (SSSR count). The van der Waals surface area contributed by atoms with Crippen LogP contribution in [0.4, 0.5) is 5.82 Å². The van der Waals surface area contributed by atoms with Crippen LogP contribution in [0, 0.1) is 0 Å². The van der Waals surface area contributed by atoms with Crippen molar-refractivity contribution in [1.29, 1.82) is 0 Å². The first-order valence-electron chi connectivity index (χ1n) is 8.05. The Bertz CT molecular complexity index is 470. The average molecular weight is 291 g/mol. The number of hydrogen-bond donors (Lipinski definition) is 0. The standard InChI is InChI=1S/C16H25N3O2/c1-3-16(4-2)11-19(6-8-21-16)15-9-14(17-12-18-15)13-5-7-20-10-13/h9,12-13H,3-8,10-11H2,1-2H3/t13-/m1/s1. The summed E-state index contributed by atoms with van der Waals surface area (Å²) in [4.78, 5) is 11.3. The minimum atomic E-state index is -0.0279. The second kappa shape index (κ2) is 6.28. The van der Waals surface area contributed by atoms with Crippen molar-refractivity contribution < 1.29 is 9.47 Å². The zero-order valence-electron chi connectivity index (χ0n) is 13.0. The third-order valence-electron chi connectivity index (χ3n) is 4.88. The topological polar surface area (TPSA) is 47.5 Å². The molecule has 5 nitrogen and oxygen atoms in total. The van der Waals surface area contributed by atoms with E-state index in [9.17, 15) is 0 Å². The maximum absolute atomic E-state index is 6.04. The van der Waals surface area contributed by atoms with Gasteiger partial charge >= 0.3 is 0 Å². The summed E-state index contributed by atoms with van der Waals surface area (Å²) >= 11 is 0. The molecule has 0 unspecified atom stereocenters. The summed E-state index contributed by atoms with van der Waals surface area (Å²) in [5, 5.41) is 0. The number of anilines is 1. The third kappa shape index (κ3) is 3.04. The van der Waals surface area contributed by atoms with Crippen LogP contribution >= 0.6 is 0 Å². The van der Waals surface area contributed by atoms with Gasteiger partial charge in [-0.2, -0.15) is 0 Å². The molecule has 0 amide bonds. The lowest BCUT2D eigenvalue weighted by Gasteiger charge is -2.42. The van der Waals surface area contributed by atoms with E-state index in [0.717, 1.165) is 63.7 Å². The first-order valence-corrected chi connectivity index (χ1v) is 8.05. The van der Waals surface area contributed by atoms with E-state index in [-0.39, 0.29) is 5.60 Å². The van der Waals surface area contributed by atoms with Gasteiger partial charge in [0, 0.05) is 31.7 Å². The molecule has 0 N–H and O–H groups in total. The summed E-state index contributed by atoms with van der Waals surface area (Å²) in [6.45, 7) is 8.62. The van der Waals surface area contributed by atoms with Gasteiger partial charge in [0.25, 0.3) is 0 Å². The molecule has 5 heteroatoms. The van der Waals surface area contributed by atoms with Crippen molar-refractivity contribution >= 4 is 5.82 Å². The first kappa shape index (κ1) is 14.7. The highest BCUT2D eigenvalue weighted by molar-refractivity contribution is 5.41. The van der Waals surface area contributed by atoms with E-state index in [1.54, 1.807) is 6.33 Å². The zero-order chi connectivity index (χ0) is 14.7. The van der Waals surface area contributed by atoms with E-state index in [1.807, 2.05) is 0 Å². The Morgan fingerprint density at radius 2 is 2.14 bits per heavy atom. The van der Waals surface area contributed by atoms with Gasteiger partial charge in [-0.1, -0.05) is 13.8 Å². The molecular formula is C16H25N3O2. The normalized spacial score (nSPS) is 25.2. The van der Waals surface area contributed by atoms with Crippen molar-refractivity contribution in [2.75, 3.05) is 37.8 Å². The predicted molar refractivity (Wildman–Crippen MR) is 81.7 cm³/mol. The summed E-state index contributed by atoms with van der Waals surface area (Å²) in [6.07, 6.45) is 4.83. The Kier molecular flexibility index (Phi) is 4.40. The number of morpholine rings is 1. The van der Waals surface area contributed by atoms with Crippen LogP contribution in [0.1, 0.15) is 44.7 Å². The summed E-state index contributed by atoms with van der Waals surface area (Å²) in [5.41, 5.74) is 1.09. The van der Waals surface area contributed by atoms with E-state index in [4.69, 9.17) is 9.47 Å². The van der Waals surface area contributed by atoms with E-state index < -0.39 is 0 Å². The lowest BCUT2D eigenvalue weighted by molar-refractivity contribution is -0.0607. The quantitative estimate of drug-likeness (QED) is 0.852. The predicted octanol–water partition coefficient (Wildman–Crippen LogP) is 2.38. The summed E-state index contributed by atoms with van der Waals surface area (Å²) in [7, 11) is 0. The maximum atomic E-state index is 6.04. The molecule has 0 bridgehead atoms. The molecule has 0 aliphatic carbocycles. The number of rotatable bonds is 4. The van der Waals surface area contributed by atoms with E-state index in [0.29, 0.717) is 5.92 Å². The molecule has 0 radical (unpaired) electrons. The molecular weight excluding hydrogens is 266 g/mol. The van der Waals surface area contributed by atoms with Crippen molar-refractivity contribution in [3.8, 4) is 0 Å². The van der Waals surface area contributed by atoms with Crippen LogP contribution < -0.4 is 4.90 Å². The lowest BCUT2D eigenvalue weighted by Crippen LogP contribution is -2.51. The van der Waals surface area contributed by atoms with E-state index >= 15 is 0 Å². The average Bonchev–Trinajstić information content (AvgIpc) is 3.09. The zero-order valence-corrected chi connectivity index (χ0v) is 13.0. The first-order chi connectivity index (χ1) is 10.3. The molecule has 2 saturated heterocycles. The second-order valence-electron chi connectivity index (χ2n) is 6.02. The van der Waals surface area contributed by atoms with Gasteiger partial charge in [0.1, 0.15) is 12.1 Å². The molecule has 116 valence electrons. The summed E-state index contributed by atoms with van der Waals surface area (Å²) < 4.78 is 11.5. The highest BCUT2D eigenvalue weighted by Gasteiger charge is 2.34. The maximum Gasteiger partial charge on any atom is 0.132 e. The van der Waals surface area contributed by atoms with Crippen LogP contribution in [0.2, 0.25) is 0 Å². The van der Waals surface area contributed by atoms with Crippen LogP contribution in [0.5, 0.6) is 0 Å². The minimum Gasteiger partial charge on any atom is -0.381 e. The van der Waals surface area contributed by atoms with Gasteiger partial charge in [0.05, 0.1) is 24.5 Å². The third-order valence-corrected chi connectivity index (χ3v) is 4.88. The monoisotopic (exact) mass is 291 g/mol. The van der Waals surface area contributed by atoms with Crippen LogP contribution in [-0.4, -0.2) is 48.5 Å². The Morgan fingerprint density at radius 3 is 2.86 bits per heavy atom. The smallest absolute Gasteiger partial charge is 0.132 e. The SMILES string of the molecule is CCC1(CC)CN(c2cc([C@@H]3CCOC3)ncn2)CCO1. The van der Waals surface area contributed by atoms with Gasteiger partial charge < -0.3 is 14.4 Å². The lowest BCUT2D eigenvalue weighted by atomic mass is 9.95. The fraction of sp³-hybridized carbons (Fsp3) is 0.750. The Hall–Kier alpha value is -1.20. The summed E-state index contributed by atoms with van der Waals surface area (Å²) in [5.74, 6) is 1.45. The van der Waals surface area contributed by atoms with Gasteiger partial charge in [-0.15, -0.1) is 0 Å². The van der Waals surface area contributed by atoms with Crippen LogP contribution in [0.15, 0.2) is 12.4 Å². The van der Waals surface area contributed by atoms with Gasteiger partial charge in [-0.3, -0.25) is 0 Å². The number of aromatic nitrogens is 2. The molecule has 21 heavy (non-hydrogen) atoms. The van der Waals surface area contributed by atoms with Gasteiger partial charge in [0.2, 0.25) is 0 Å². The molecule has 2 aliphatic heterocycles. The molecule has 2 fully saturated rings. The van der Waals surface area contributed by atoms with Crippen LogP contribution in [-0.2, 0) is 9.47 Å². The van der Waals surface area contributed by atoms with Gasteiger partial charge in [-0.25, -0.2) is 9.97 Å². The van der Waals surface area contributed by atoms with E-state index in [2.05, 4.69) is 34.8 Å². The fourth-order valence-electron chi connectivity index (χ4n) is 3.24. The summed E-state index contributed by atoms with van der Waals surface area (Å²) in [6, 6.07) is 2.14. The molecule has 2 aliphatic rings. The van der Waals surface area contributed by atoms with Crippen molar-refractivity contribution in [3.63, 3.8) is 0 Å². The molecule has 1 aromatic rings. The number of nitrogens with zero attached hydrogens (tertiary/aromatic N) is 3. The van der Waals surface area contributed by atoms with Crippen molar-refractivity contribution in [2.24, 2.45) is 0 Å². The molecule has 1 atom stereocenters. The van der Waals surface area contributed by atoms with E-state index in [1.165, 1.54) is 0 Å². The molecule has 0 spiro atoms. The highest BCUT2D eigenvalue weighted by Crippen LogP contribution is 2.30. The fourth-order valence-corrected chi connectivity index (χ4v) is 3.24. The van der Waals surface area contributed by atoms with Gasteiger partial charge in [-0.05, 0) is 19.3 Å². The van der Waals surface area contributed by atoms with Crippen molar-refractivity contribution in [2.45, 2.75) is 44.6 Å². The Balaban J connectivity index is 1.78. The number of hydrogen-bond acceptors (Lipinski definition) is 5. The molecule has 0 saturated carbocycles. The van der Waals surface area contributed by atoms with Crippen molar-refractivity contribution in [1.82, 2.24) is 9.97 Å². The van der Waals surface area contributed by atoms with Crippen molar-refractivity contribution in [3.05, 3.63) is 18.1 Å². The highest BCUT2D eigenvalue weighted by atomic mass is 16.5. The Morgan fingerprint density at radius 1 is 1.29 bits per heavy atom. The number of ether oxygens (including phenoxy) is 2. The largest absolute Gasteiger partial charge is 0.381 e. The van der Waals surface area contributed by atoms with Crippen LogP contribution in [0.25, 0.3) is 0 Å². The molecule has 3 heterocycles. The van der Waals surface area contributed by atoms with Crippen LogP contribution in [0.3, 0.4) is 0 Å². The Labute approximate surface area is 126 Å². The minimum absolute atomic E-state index is 0.0279. The molecule has 1 aromatic heterocycles. The molecule has 0 aromatic carbocycles. The second-order valence-corrected chi connectivity index (χ2v) is 6.02. The van der Waals surface area contributed by atoms with Gasteiger partial charge in [0.15, 0.2) is 0 Å².